The summed E-state index contributed by atoms with van der Waals surface area (Å²) in [5.41, 5.74) is 0.376. The molecule has 104 valence electrons. The molecule has 1 N–H and O–H groups in total. The van der Waals surface area contributed by atoms with Gasteiger partial charge in [-0.15, -0.1) is 0 Å². The number of amides is 1. The van der Waals surface area contributed by atoms with Crippen LogP contribution in [0.4, 0.5) is 0 Å². The van der Waals surface area contributed by atoms with Gasteiger partial charge in [0.2, 0.25) is 0 Å². The van der Waals surface area contributed by atoms with E-state index in [-0.39, 0.29) is 17.9 Å². The normalized spacial score (nSPS) is 18.4. The van der Waals surface area contributed by atoms with Crippen LogP contribution in [0, 0.1) is 5.92 Å². The van der Waals surface area contributed by atoms with Gasteiger partial charge < -0.3 is 10.0 Å². The Labute approximate surface area is 123 Å². The minimum absolute atomic E-state index is 0.125. The smallest absolute Gasteiger partial charge is 0.256 e. The van der Waals surface area contributed by atoms with Gasteiger partial charge in [-0.2, -0.15) is 0 Å². The summed E-state index contributed by atoms with van der Waals surface area (Å²) in [5.74, 6) is 0.144. The van der Waals surface area contributed by atoms with E-state index in [4.69, 9.17) is 23.2 Å². The minimum atomic E-state index is -0.318. The number of hydrogen-bond acceptors (Lipinski definition) is 2. The lowest BCUT2D eigenvalue weighted by Crippen LogP contribution is -2.40. The maximum Gasteiger partial charge on any atom is 0.256 e. The zero-order valence-corrected chi connectivity index (χ0v) is 12.3. The topological polar surface area (TPSA) is 40.5 Å². The highest BCUT2D eigenvalue weighted by atomic mass is 35.5. The second kappa shape index (κ2) is 6.12. The maximum absolute atomic E-state index is 12.4. The van der Waals surface area contributed by atoms with Crippen molar-refractivity contribution < 1.29 is 9.90 Å². The molecule has 1 atom stereocenters. The van der Waals surface area contributed by atoms with Crippen LogP contribution in [-0.4, -0.2) is 35.1 Å². The third-order valence-corrected chi connectivity index (χ3v) is 4.32. The predicted molar refractivity (Wildman–Crippen MR) is 76.8 cm³/mol. The molecular weight excluding hydrogens is 285 g/mol. The van der Waals surface area contributed by atoms with E-state index >= 15 is 0 Å². The average molecular weight is 302 g/mol. The van der Waals surface area contributed by atoms with Crippen molar-refractivity contribution in [2.24, 2.45) is 5.92 Å². The maximum atomic E-state index is 12.4. The van der Waals surface area contributed by atoms with Crippen LogP contribution < -0.4 is 0 Å². The van der Waals surface area contributed by atoms with Crippen LogP contribution in [0.2, 0.25) is 10.0 Å². The summed E-state index contributed by atoms with van der Waals surface area (Å²) < 4.78 is 0. The fourth-order valence-corrected chi connectivity index (χ4v) is 3.00. The molecule has 1 heterocycles. The highest BCUT2D eigenvalue weighted by Gasteiger charge is 2.27. The van der Waals surface area contributed by atoms with E-state index in [0.29, 0.717) is 28.7 Å². The number of rotatable bonds is 2. The summed E-state index contributed by atoms with van der Waals surface area (Å²) in [7, 11) is 0. The summed E-state index contributed by atoms with van der Waals surface area (Å²) in [6, 6.07) is 5.06. The number of hydrogen-bond donors (Lipinski definition) is 1. The molecule has 1 aromatic rings. The average Bonchev–Trinajstić information content (AvgIpc) is 2.38. The molecule has 1 unspecified atom stereocenters. The van der Waals surface area contributed by atoms with Crippen LogP contribution in [0.5, 0.6) is 0 Å². The van der Waals surface area contributed by atoms with Crippen molar-refractivity contribution in [2.75, 3.05) is 13.1 Å². The van der Waals surface area contributed by atoms with Gasteiger partial charge in [0, 0.05) is 13.1 Å². The van der Waals surface area contributed by atoms with Crippen LogP contribution in [0.3, 0.4) is 0 Å². The van der Waals surface area contributed by atoms with Crippen LogP contribution in [-0.2, 0) is 0 Å². The molecule has 1 amide bonds. The van der Waals surface area contributed by atoms with Gasteiger partial charge in [-0.05, 0) is 37.8 Å². The minimum Gasteiger partial charge on any atom is -0.393 e. The molecular formula is C14H17Cl2NO2. The molecule has 0 bridgehead atoms. The van der Waals surface area contributed by atoms with Crippen molar-refractivity contribution in [3.8, 4) is 0 Å². The Morgan fingerprint density at radius 1 is 1.32 bits per heavy atom. The zero-order chi connectivity index (χ0) is 14.0. The van der Waals surface area contributed by atoms with Crippen molar-refractivity contribution in [1.29, 1.82) is 0 Å². The molecule has 1 saturated heterocycles. The van der Waals surface area contributed by atoms with Crippen molar-refractivity contribution >= 4 is 29.1 Å². The molecule has 0 saturated carbocycles. The molecule has 1 aliphatic rings. The van der Waals surface area contributed by atoms with E-state index < -0.39 is 0 Å². The summed E-state index contributed by atoms with van der Waals surface area (Å²) in [4.78, 5) is 14.2. The van der Waals surface area contributed by atoms with Crippen molar-refractivity contribution in [1.82, 2.24) is 4.90 Å². The molecule has 0 aliphatic carbocycles. The first-order valence-corrected chi connectivity index (χ1v) is 7.17. The van der Waals surface area contributed by atoms with Crippen molar-refractivity contribution in [3.05, 3.63) is 33.8 Å². The van der Waals surface area contributed by atoms with E-state index in [9.17, 15) is 9.90 Å². The Morgan fingerprint density at radius 2 is 1.84 bits per heavy atom. The number of halogens is 2. The number of benzene rings is 1. The lowest BCUT2D eigenvalue weighted by molar-refractivity contribution is 0.0521. The SMILES string of the molecule is CC(O)C1CCN(C(=O)c2c(Cl)cccc2Cl)CC1. The monoisotopic (exact) mass is 301 g/mol. The second-order valence-electron chi connectivity index (χ2n) is 4.97. The number of aliphatic hydroxyl groups excluding tert-OH is 1. The number of carbonyl (C=O) groups excluding carboxylic acids is 1. The fourth-order valence-electron chi connectivity index (χ4n) is 2.45. The van der Waals surface area contributed by atoms with Crippen LogP contribution >= 0.6 is 23.2 Å². The van der Waals surface area contributed by atoms with E-state index in [2.05, 4.69) is 0 Å². The quantitative estimate of drug-likeness (QED) is 0.911. The molecule has 0 aromatic heterocycles. The number of piperidine rings is 1. The van der Waals surface area contributed by atoms with Gasteiger partial charge in [0.15, 0.2) is 0 Å². The van der Waals surface area contributed by atoms with Gasteiger partial charge in [-0.1, -0.05) is 29.3 Å². The summed E-state index contributed by atoms with van der Waals surface area (Å²) in [6.45, 7) is 3.07. The molecule has 1 aliphatic heterocycles. The Morgan fingerprint density at radius 3 is 2.32 bits per heavy atom. The first kappa shape index (κ1) is 14.6. The Balaban J connectivity index is 2.10. The third-order valence-electron chi connectivity index (χ3n) is 3.69. The highest BCUT2D eigenvalue weighted by Crippen LogP contribution is 2.28. The zero-order valence-electron chi connectivity index (χ0n) is 10.8. The molecule has 2 rings (SSSR count). The number of aliphatic hydroxyl groups is 1. The Kier molecular flexibility index (Phi) is 4.71. The lowest BCUT2D eigenvalue weighted by Gasteiger charge is -2.33. The summed E-state index contributed by atoms with van der Waals surface area (Å²) in [6.07, 6.45) is 1.30. The van der Waals surface area contributed by atoms with Crippen LogP contribution in [0.15, 0.2) is 18.2 Å². The fraction of sp³-hybridized carbons (Fsp3) is 0.500. The summed E-state index contributed by atoms with van der Waals surface area (Å²) in [5, 5.41) is 10.3. The first-order valence-electron chi connectivity index (χ1n) is 6.42. The standard InChI is InChI=1S/C14H17Cl2NO2/c1-9(18)10-5-7-17(8-6-10)14(19)13-11(15)3-2-4-12(13)16/h2-4,9-10,18H,5-8H2,1H3. The third kappa shape index (κ3) is 3.22. The van der Waals surface area contributed by atoms with Crippen molar-refractivity contribution in [2.45, 2.75) is 25.9 Å². The first-order chi connectivity index (χ1) is 9.00. The van der Waals surface area contributed by atoms with Crippen LogP contribution in [0.1, 0.15) is 30.1 Å². The predicted octanol–water partition coefficient (Wildman–Crippen LogP) is 3.23. The Bertz CT molecular complexity index is 448. The number of carbonyl (C=O) groups is 1. The molecule has 3 nitrogen and oxygen atoms in total. The van der Waals surface area contributed by atoms with Gasteiger partial charge in [0.25, 0.3) is 5.91 Å². The van der Waals surface area contributed by atoms with Gasteiger partial charge in [0.05, 0.1) is 21.7 Å². The van der Waals surface area contributed by atoms with E-state index in [1.54, 1.807) is 30.0 Å². The number of nitrogens with zero attached hydrogens (tertiary/aromatic N) is 1. The number of likely N-dealkylation sites (tertiary alicyclic amines) is 1. The van der Waals surface area contributed by atoms with E-state index in [0.717, 1.165) is 12.8 Å². The molecule has 0 radical (unpaired) electrons. The van der Waals surface area contributed by atoms with Crippen LogP contribution in [0.25, 0.3) is 0 Å². The molecule has 0 spiro atoms. The van der Waals surface area contributed by atoms with E-state index in [1.165, 1.54) is 0 Å². The summed E-state index contributed by atoms with van der Waals surface area (Å²) >= 11 is 12.1. The lowest BCUT2D eigenvalue weighted by atomic mass is 9.92. The largest absolute Gasteiger partial charge is 0.393 e. The van der Waals surface area contributed by atoms with Gasteiger partial charge in [-0.3, -0.25) is 4.79 Å². The second-order valence-corrected chi connectivity index (χ2v) is 5.78. The van der Waals surface area contributed by atoms with Gasteiger partial charge in [0.1, 0.15) is 0 Å². The molecule has 5 heteroatoms. The molecule has 19 heavy (non-hydrogen) atoms. The van der Waals surface area contributed by atoms with E-state index in [1.807, 2.05) is 0 Å². The van der Waals surface area contributed by atoms with Gasteiger partial charge in [-0.25, -0.2) is 0 Å². The van der Waals surface area contributed by atoms with Crippen molar-refractivity contribution in [3.63, 3.8) is 0 Å². The molecule has 1 fully saturated rings. The Hall–Kier alpha value is -0.770. The molecule has 1 aromatic carbocycles. The highest BCUT2D eigenvalue weighted by molar-refractivity contribution is 6.39. The van der Waals surface area contributed by atoms with Gasteiger partial charge >= 0.3 is 0 Å².